The summed E-state index contributed by atoms with van der Waals surface area (Å²) < 4.78 is 76.1. The number of benzene rings is 1. The lowest BCUT2D eigenvalue weighted by Crippen LogP contribution is -2.37. The summed E-state index contributed by atoms with van der Waals surface area (Å²) in [7, 11) is -3.68. The predicted octanol–water partition coefficient (Wildman–Crippen LogP) is 3.20. The summed E-state index contributed by atoms with van der Waals surface area (Å²) in [5.41, 5.74) is -0.515. The van der Waals surface area contributed by atoms with Crippen molar-refractivity contribution in [3.63, 3.8) is 0 Å². The fourth-order valence-electron chi connectivity index (χ4n) is 3.35. The molecule has 2 fully saturated rings. The molecule has 9 heteroatoms. The van der Waals surface area contributed by atoms with Crippen LogP contribution in [-0.4, -0.2) is 33.5 Å². The van der Waals surface area contributed by atoms with Crippen LogP contribution >= 0.6 is 0 Å². The van der Waals surface area contributed by atoms with Crippen LogP contribution in [0.25, 0.3) is 0 Å². The van der Waals surface area contributed by atoms with Crippen molar-refractivity contribution in [3.8, 4) is 0 Å². The molecule has 1 saturated heterocycles. The Balaban J connectivity index is 1.51. The quantitative estimate of drug-likeness (QED) is 0.835. The summed E-state index contributed by atoms with van der Waals surface area (Å²) >= 11 is 0. The first-order chi connectivity index (χ1) is 12.2. The summed E-state index contributed by atoms with van der Waals surface area (Å²) in [5, 5.41) is 0. The molecule has 1 aromatic carbocycles. The Morgan fingerprint density at radius 1 is 1.12 bits per heavy atom. The van der Waals surface area contributed by atoms with Crippen LogP contribution in [0.1, 0.15) is 43.2 Å². The average Bonchev–Trinajstić information content (AvgIpc) is 2.96. The third-order valence-corrected chi connectivity index (χ3v) is 6.02. The Bertz CT molecular complexity index is 713. The second-order valence-electron chi connectivity index (χ2n) is 6.82. The van der Waals surface area contributed by atoms with Crippen molar-refractivity contribution in [3.05, 3.63) is 35.4 Å². The number of alkyl halides is 3. The topological polar surface area (TPSA) is 64.6 Å². The highest BCUT2D eigenvalue weighted by atomic mass is 32.2. The minimum absolute atomic E-state index is 0.0880. The van der Waals surface area contributed by atoms with Crippen molar-refractivity contribution < 1.29 is 31.1 Å². The SMILES string of the molecule is O=S(=O)(Cc1ccc(C(F)(F)F)cc1)NCC1COC2(CCCCC2)O1. The van der Waals surface area contributed by atoms with E-state index in [9.17, 15) is 21.6 Å². The van der Waals surface area contributed by atoms with Gasteiger partial charge in [-0.3, -0.25) is 0 Å². The lowest BCUT2D eigenvalue weighted by atomic mass is 9.94. The predicted molar refractivity (Wildman–Crippen MR) is 88.7 cm³/mol. The zero-order chi connectivity index (χ0) is 18.8. The molecule has 0 radical (unpaired) electrons. The monoisotopic (exact) mass is 393 g/mol. The number of sulfonamides is 1. The van der Waals surface area contributed by atoms with Crippen LogP contribution in [0.3, 0.4) is 0 Å². The molecule has 1 saturated carbocycles. The molecule has 5 nitrogen and oxygen atoms in total. The maximum absolute atomic E-state index is 12.5. The van der Waals surface area contributed by atoms with Crippen molar-refractivity contribution in [1.82, 2.24) is 4.72 Å². The van der Waals surface area contributed by atoms with Gasteiger partial charge in [0.1, 0.15) is 0 Å². The van der Waals surface area contributed by atoms with Crippen LogP contribution in [0, 0.1) is 0 Å². The van der Waals surface area contributed by atoms with E-state index in [0.29, 0.717) is 6.61 Å². The normalized spacial score (nSPS) is 23.4. The lowest BCUT2D eigenvalue weighted by molar-refractivity contribution is -0.186. The zero-order valence-corrected chi connectivity index (χ0v) is 15.0. The molecule has 0 amide bonds. The van der Waals surface area contributed by atoms with E-state index in [2.05, 4.69) is 4.72 Å². The first kappa shape index (κ1) is 19.6. The molecule has 0 bridgehead atoms. The van der Waals surface area contributed by atoms with Crippen LogP contribution in [-0.2, 0) is 31.4 Å². The van der Waals surface area contributed by atoms with E-state index < -0.39 is 27.6 Å². The van der Waals surface area contributed by atoms with Gasteiger partial charge in [-0.25, -0.2) is 13.1 Å². The molecule has 146 valence electrons. The standard InChI is InChI=1S/C17H22F3NO4S/c18-17(19,20)14-6-4-13(5-7-14)12-26(22,23)21-10-15-11-24-16(25-15)8-2-1-3-9-16/h4-7,15,21H,1-3,8-12H2. The number of hydrogen-bond donors (Lipinski definition) is 1. The van der Waals surface area contributed by atoms with E-state index in [1.165, 1.54) is 12.1 Å². The number of ether oxygens (including phenoxy) is 2. The van der Waals surface area contributed by atoms with Crippen LogP contribution in [0.4, 0.5) is 13.2 Å². The second kappa shape index (κ2) is 7.46. The fourth-order valence-corrected chi connectivity index (χ4v) is 4.52. The van der Waals surface area contributed by atoms with E-state index in [-0.39, 0.29) is 24.0 Å². The first-order valence-electron chi connectivity index (χ1n) is 8.63. The first-order valence-corrected chi connectivity index (χ1v) is 10.3. The van der Waals surface area contributed by atoms with Gasteiger partial charge in [-0.2, -0.15) is 13.2 Å². The summed E-state index contributed by atoms with van der Waals surface area (Å²) in [4.78, 5) is 0. The van der Waals surface area contributed by atoms with Gasteiger partial charge in [-0.1, -0.05) is 18.6 Å². The van der Waals surface area contributed by atoms with Gasteiger partial charge in [0.2, 0.25) is 10.0 Å². The highest BCUT2D eigenvalue weighted by Gasteiger charge is 2.42. The second-order valence-corrected chi connectivity index (χ2v) is 8.63. The van der Waals surface area contributed by atoms with Gasteiger partial charge in [0.15, 0.2) is 5.79 Å². The molecule has 26 heavy (non-hydrogen) atoms. The minimum Gasteiger partial charge on any atom is -0.347 e. The van der Waals surface area contributed by atoms with Crippen molar-refractivity contribution in [2.75, 3.05) is 13.2 Å². The smallest absolute Gasteiger partial charge is 0.347 e. The van der Waals surface area contributed by atoms with Gasteiger partial charge >= 0.3 is 6.18 Å². The zero-order valence-electron chi connectivity index (χ0n) is 14.2. The van der Waals surface area contributed by atoms with Crippen molar-refractivity contribution >= 4 is 10.0 Å². The fraction of sp³-hybridized carbons (Fsp3) is 0.647. The molecular formula is C17H22F3NO4S. The average molecular weight is 393 g/mol. The molecule has 1 aliphatic heterocycles. The summed E-state index contributed by atoms with van der Waals surface area (Å²) in [6, 6.07) is 4.11. The van der Waals surface area contributed by atoms with Gasteiger partial charge in [0.25, 0.3) is 0 Å². The Morgan fingerprint density at radius 3 is 2.38 bits per heavy atom. The lowest BCUT2D eigenvalue weighted by Gasteiger charge is -2.31. The molecule has 1 atom stereocenters. The van der Waals surface area contributed by atoms with Crippen LogP contribution < -0.4 is 4.72 Å². The van der Waals surface area contributed by atoms with E-state index in [4.69, 9.17) is 9.47 Å². The minimum atomic E-state index is -4.44. The molecule has 3 rings (SSSR count). The maximum atomic E-state index is 12.5. The Hall–Kier alpha value is -1.16. The third kappa shape index (κ3) is 4.97. The highest BCUT2D eigenvalue weighted by molar-refractivity contribution is 7.88. The molecular weight excluding hydrogens is 371 g/mol. The van der Waals surface area contributed by atoms with Gasteiger partial charge in [0, 0.05) is 19.4 Å². The van der Waals surface area contributed by atoms with E-state index in [0.717, 1.165) is 44.2 Å². The van der Waals surface area contributed by atoms with Crippen molar-refractivity contribution in [1.29, 1.82) is 0 Å². The van der Waals surface area contributed by atoms with Crippen molar-refractivity contribution in [2.24, 2.45) is 0 Å². The summed E-state index contributed by atoms with van der Waals surface area (Å²) in [5.74, 6) is -0.953. The molecule has 1 aromatic rings. The molecule has 1 N–H and O–H groups in total. The van der Waals surface area contributed by atoms with Gasteiger partial charge in [0.05, 0.1) is 24.0 Å². The Labute approximate surface area is 150 Å². The molecule has 0 aromatic heterocycles. The van der Waals surface area contributed by atoms with E-state index in [1.807, 2.05) is 0 Å². The molecule has 1 spiro atoms. The molecule has 1 aliphatic carbocycles. The van der Waals surface area contributed by atoms with Crippen molar-refractivity contribution in [2.45, 2.75) is 55.9 Å². The van der Waals surface area contributed by atoms with Crippen LogP contribution in [0.2, 0.25) is 0 Å². The summed E-state index contributed by atoms with van der Waals surface area (Å²) in [6.45, 7) is 0.424. The highest BCUT2D eigenvalue weighted by Crippen LogP contribution is 2.37. The van der Waals surface area contributed by atoms with Crippen LogP contribution in [0.5, 0.6) is 0 Å². The molecule has 1 heterocycles. The largest absolute Gasteiger partial charge is 0.416 e. The number of rotatable bonds is 5. The van der Waals surface area contributed by atoms with Gasteiger partial charge in [-0.05, 0) is 30.5 Å². The maximum Gasteiger partial charge on any atom is 0.416 e. The number of nitrogens with one attached hydrogen (secondary N) is 1. The van der Waals surface area contributed by atoms with Gasteiger partial charge in [-0.15, -0.1) is 0 Å². The summed E-state index contributed by atoms with van der Waals surface area (Å²) in [6.07, 6.45) is 0.0710. The Morgan fingerprint density at radius 2 is 1.77 bits per heavy atom. The van der Waals surface area contributed by atoms with Crippen LogP contribution in [0.15, 0.2) is 24.3 Å². The third-order valence-electron chi connectivity index (χ3n) is 4.70. The number of hydrogen-bond acceptors (Lipinski definition) is 4. The van der Waals surface area contributed by atoms with Gasteiger partial charge < -0.3 is 9.47 Å². The number of halogens is 3. The Kier molecular flexibility index (Phi) is 5.62. The van der Waals surface area contributed by atoms with E-state index in [1.54, 1.807) is 0 Å². The molecule has 1 unspecified atom stereocenters. The molecule has 2 aliphatic rings. The van der Waals surface area contributed by atoms with E-state index >= 15 is 0 Å².